The van der Waals surface area contributed by atoms with Crippen molar-refractivity contribution < 1.29 is 10.2 Å². The minimum absolute atomic E-state index is 0.200. The molecule has 0 aliphatic rings. The van der Waals surface area contributed by atoms with Gasteiger partial charge in [0.25, 0.3) is 0 Å². The number of hydrogen-bond acceptors (Lipinski definition) is 2. The van der Waals surface area contributed by atoms with Crippen molar-refractivity contribution in [3.05, 3.63) is 23.3 Å². The third kappa shape index (κ3) is 4.68. The molecule has 0 amide bonds. The number of hydrogen-bond donors (Lipinski definition) is 2. The highest BCUT2D eigenvalue weighted by molar-refractivity contribution is 5.45. The summed E-state index contributed by atoms with van der Waals surface area (Å²) in [5, 5.41) is 19.2. The van der Waals surface area contributed by atoms with Crippen LogP contribution in [-0.2, 0) is 6.42 Å². The van der Waals surface area contributed by atoms with E-state index in [9.17, 15) is 10.2 Å². The van der Waals surface area contributed by atoms with E-state index in [-0.39, 0.29) is 11.5 Å². The van der Waals surface area contributed by atoms with Crippen LogP contribution in [0.3, 0.4) is 0 Å². The summed E-state index contributed by atoms with van der Waals surface area (Å²) in [4.78, 5) is 0. The van der Waals surface area contributed by atoms with E-state index in [2.05, 4.69) is 6.92 Å². The SMILES string of the molecule is CCCCCCCCc1cc(O)c(C)c(O)c1. The second-order valence-corrected chi connectivity index (χ2v) is 4.78. The molecule has 0 spiro atoms. The second-order valence-electron chi connectivity index (χ2n) is 4.78. The molecule has 0 bridgehead atoms. The first-order valence-electron chi connectivity index (χ1n) is 6.66. The summed E-state index contributed by atoms with van der Waals surface area (Å²) < 4.78 is 0. The Morgan fingerprint density at radius 1 is 0.882 bits per heavy atom. The fourth-order valence-corrected chi connectivity index (χ4v) is 1.99. The van der Waals surface area contributed by atoms with Crippen LogP contribution < -0.4 is 0 Å². The van der Waals surface area contributed by atoms with E-state index >= 15 is 0 Å². The Labute approximate surface area is 104 Å². The largest absolute Gasteiger partial charge is 0.508 e. The molecule has 0 fully saturated rings. The maximum Gasteiger partial charge on any atom is 0.122 e. The van der Waals surface area contributed by atoms with Crippen molar-refractivity contribution >= 4 is 0 Å². The third-order valence-electron chi connectivity index (χ3n) is 3.23. The predicted octanol–water partition coefficient (Wildman–Crippen LogP) is 4.31. The lowest BCUT2D eigenvalue weighted by molar-refractivity contribution is 0.441. The molecule has 0 saturated carbocycles. The first-order chi connectivity index (χ1) is 8.15. The smallest absolute Gasteiger partial charge is 0.122 e. The zero-order valence-electron chi connectivity index (χ0n) is 11.0. The number of rotatable bonds is 7. The monoisotopic (exact) mass is 236 g/mol. The predicted molar refractivity (Wildman–Crippen MR) is 71.6 cm³/mol. The molecule has 0 radical (unpaired) electrons. The normalized spacial score (nSPS) is 10.7. The highest BCUT2D eigenvalue weighted by Gasteiger charge is 2.04. The summed E-state index contributed by atoms with van der Waals surface area (Å²) in [5.74, 6) is 0.400. The fraction of sp³-hybridized carbons (Fsp3) is 0.600. The van der Waals surface area contributed by atoms with Gasteiger partial charge in [-0.3, -0.25) is 0 Å². The van der Waals surface area contributed by atoms with Crippen LogP contribution in [0.25, 0.3) is 0 Å². The van der Waals surface area contributed by atoms with Crippen LogP contribution in [0.1, 0.15) is 56.6 Å². The molecule has 2 N–H and O–H groups in total. The summed E-state index contributed by atoms with van der Waals surface area (Å²) >= 11 is 0. The molecular weight excluding hydrogens is 212 g/mol. The van der Waals surface area contributed by atoms with Crippen LogP contribution in [0.15, 0.2) is 12.1 Å². The number of aromatic hydroxyl groups is 2. The number of benzene rings is 1. The number of unbranched alkanes of at least 4 members (excludes halogenated alkanes) is 5. The van der Waals surface area contributed by atoms with E-state index < -0.39 is 0 Å². The molecule has 1 aromatic carbocycles. The topological polar surface area (TPSA) is 40.5 Å². The molecule has 0 saturated heterocycles. The molecule has 17 heavy (non-hydrogen) atoms. The molecule has 0 heterocycles. The molecular formula is C15H24O2. The lowest BCUT2D eigenvalue weighted by atomic mass is 10.0. The first kappa shape index (κ1) is 13.9. The Morgan fingerprint density at radius 3 is 2.00 bits per heavy atom. The van der Waals surface area contributed by atoms with E-state index in [4.69, 9.17) is 0 Å². The van der Waals surface area contributed by atoms with Crippen LogP contribution >= 0.6 is 0 Å². The van der Waals surface area contributed by atoms with E-state index in [0.29, 0.717) is 5.56 Å². The average molecular weight is 236 g/mol. The highest BCUT2D eigenvalue weighted by Crippen LogP contribution is 2.28. The third-order valence-corrected chi connectivity index (χ3v) is 3.23. The maximum absolute atomic E-state index is 9.59. The second kappa shape index (κ2) is 7.21. The van der Waals surface area contributed by atoms with Crippen molar-refractivity contribution in [2.24, 2.45) is 0 Å². The van der Waals surface area contributed by atoms with Gasteiger partial charge in [-0.25, -0.2) is 0 Å². The van der Waals surface area contributed by atoms with Gasteiger partial charge >= 0.3 is 0 Å². The quantitative estimate of drug-likeness (QED) is 0.692. The van der Waals surface area contributed by atoms with Gasteiger partial charge in [0.05, 0.1) is 0 Å². The molecule has 2 nitrogen and oxygen atoms in total. The van der Waals surface area contributed by atoms with Crippen molar-refractivity contribution in [1.82, 2.24) is 0 Å². The van der Waals surface area contributed by atoms with Crippen molar-refractivity contribution in [2.45, 2.75) is 58.8 Å². The summed E-state index contributed by atoms with van der Waals surface area (Å²) in [6.07, 6.45) is 8.51. The van der Waals surface area contributed by atoms with Crippen LogP contribution in [0.2, 0.25) is 0 Å². The zero-order chi connectivity index (χ0) is 12.7. The van der Waals surface area contributed by atoms with Gasteiger partial charge < -0.3 is 10.2 Å². The van der Waals surface area contributed by atoms with Crippen molar-refractivity contribution in [3.8, 4) is 11.5 Å². The van der Waals surface area contributed by atoms with Crippen LogP contribution in [0.5, 0.6) is 11.5 Å². The van der Waals surface area contributed by atoms with E-state index in [1.807, 2.05) is 0 Å². The first-order valence-corrected chi connectivity index (χ1v) is 6.66. The average Bonchev–Trinajstić information content (AvgIpc) is 2.30. The molecule has 96 valence electrons. The van der Waals surface area contributed by atoms with Crippen molar-refractivity contribution in [1.29, 1.82) is 0 Å². The van der Waals surface area contributed by atoms with Gasteiger partial charge in [-0.05, 0) is 37.5 Å². The van der Waals surface area contributed by atoms with Gasteiger partial charge in [0.2, 0.25) is 0 Å². The van der Waals surface area contributed by atoms with Crippen molar-refractivity contribution in [3.63, 3.8) is 0 Å². The molecule has 2 heteroatoms. The van der Waals surface area contributed by atoms with Gasteiger partial charge in [0.1, 0.15) is 11.5 Å². The van der Waals surface area contributed by atoms with Crippen LogP contribution in [0.4, 0.5) is 0 Å². The lowest BCUT2D eigenvalue weighted by Crippen LogP contribution is -1.88. The lowest BCUT2D eigenvalue weighted by Gasteiger charge is -2.07. The molecule has 0 aliphatic heterocycles. The molecule has 0 aromatic heterocycles. The van der Waals surface area contributed by atoms with Gasteiger partial charge in [-0.15, -0.1) is 0 Å². The standard InChI is InChI=1S/C15H24O2/c1-3-4-5-6-7-8-9-13-10-14(16)12(2)15(17)11-13/h10-11,16-17H,3-9H2,1-2H3. The summed E-state index contributed by atoms with van der Waals surface area (Å²) in [6.45, 7) is 3.94. The van der Waals surface area contributed by atoms with Gasteiger partial charge in [0, 0.05) is 5.56 Å². The van der Waals surface area contributed by atoms with Gasteiger partial charge in [-0.1, -0.05) is 39.0 Å². The Morgan fingerprint density at radius 2 is 1.41 bits per heavy atom. The number of phenolic OH excluding ortho intramolecular Hbond substituents is 2. The highest BCUT2D eigenvalue weighted by atomic mass is 16.3. The summed E-state index contributed by atoms with van der Waals surface area (Å²) in [7, 11) is 0. The van der Waals surface area contributed by atoms with Crippen LogP contribution in [0, 0.1) is 6.92 Å². The van der Waals surface area contributed by atoms with Crippen LogP contribution in [-0.4, -0.2) is 10.2 Å². The molecule has 0 atom stereocenters. The van der Waals surface area contributed by atoms with Gasteiger partial charge in [0.15, 0.2) is 0 Å². The Balaban J connectivity index is 2.32. The summed E-state index contributed by atoms with van der Waals surface area (Å²) in [5.41, 5.74) is 1.60. The summed E-state index contributed by atoms with van der Waals surface area (Å²) in [6, 6.07) is 3.53. The Kier molecular flexibility index (Phi) is 5.88. The maximum atomic E-state index is 9.59. The van der Waals surface area contributed by atoms with Gasteiger partial charge in [-0.2, -0.15) is 0 Å². The Bertz CT molecular complexity index is 322. The van der Waals surface area contributed by atoms with E-state index in [1.165, 1.54) is 32.1 Å². The molecule has 0 aliphatic carbocycles. The number of phenols is 2. The minimum Gasteiger partial charge on any atom is -0.508 e. The molecule has 1 rings (SSSR count). The minimum atomic E-state index is 0.200. The van der Waals surface area contributed by atoms with E-state index in [0.717, 1.165) is 18.4 Å². The number of aryl methyl sites for hydroxylation is 1. The molecule has 0 unspecified atom stereocenters. The van der Waals surface area contributed by atoms with Crippen molar-refractivity contribution in [2.75, 3.05) is 0 Å². The Hall–Kier alpha value is -1.18. The zero-order valence-corrected chi connectivity index (χ0v) is 11.0. The molecule has 1 aromatic rings. The van der Waals surface area contributed by atoms with E-state index in [1.54, 1.807) is 19.1 Å². The fourth-order valence-electron chi connectivity index (χ4n) is 1.99.